The minimum absolute atomic E-state index is 0.0206. The minimum Gasteiger partial charge on any atom is -0.487 e. The van der Waals surface area contributed by atoms with Crippen LogP contribution in [0.4, 0.5) is 10.5 Å². The Bertz CT molecular complexity index is 1920. The number of hydrogen-bond donors (Lipinski definition) is 0. The van der Waals surface area contributed by atoms with E-state index >= 15 is 0 Å². The number of carbonyl (C=O) groups excluding carboxylic acids is 2. The molecule has 3 aromatic carbocycles. The highest BCUT2D eigenvalue weighted by molar-refractivity contribution is 7.91. The van der Waals surface area contributed by atoms with Crippen molar-refractivity contribution in [1.82, 2.24) is 4.31 Å². The summed E-state index contributed by atoms with van der Waals surface area (Å²) < 4.78 is 77.7. The third-order valence-electron chi connectivity index (χ3n) is 7.05. The summed E-state index contributed by atoms with van der Waals surface area (Å²) in [4.78, 5) is 27.1. The van der Waals surface area contributed by atoms with E-state index in [9.17, 15) is 26.4 Å². The van der Waals surface area contributed by atoms with Crippen molar-refractivity contribution in [3.63, 3.8) is 0 Å². The summed E-state index contributed by atoms with van der Waals surface area (Å²) in [5.41, 5.74) is -0.00905. The van der Waals surface area contributed by atoms with Gasteiger partial charge in [-0.3, -0.25) is 4.79 Å². The van der Waals surface area contributed by atoms with Gasteiger partial charge < -0.3 is 18.4 Å². The third-order valence-corrected chi connectivity index (χ3v) is 11.0. The van der Waals surface area contributed by atoms with Gasteiger partial charge in [-0.15, -0.1) is 0 Å². The van der Waals surface area contributed by atoms with E-state index in [4.69, 9.17) is 18.4 Å². The fraction of sp³-hybridized carbons (Fsp3) is 0.459. The van der Waals surface area contributed by atoms with Gasteiger partial charge in [-0.05, 0) is 76.9 Å². The third kappa shape index (κ3) is 13.8. The monoisotopic (exact) mass is 776 g/mol. The van der Waals surface area contributed by atoms with Gasteiger partial charge in [0.25, 0.3) is 0 Å². The summed E-state index contributed by atoms with van der Waals surface area (Å²) in [6.45, 7) is 15.2. The molecule has 3 rings (SSSR count). The summed E-state index contributed by atoms with van der Waals surface area (Å²) in [6.07, 6.45) is 0.0657. The average molecular weight is 777 g/mol. The lowest BCUT2D eigenvalue weighted by atomic mass is 10.0. The van der Waals surface area contributed by atoms with E-state index in [1.807, 2.05) is 30.3 Å². The first-order chi connectivity index (χ1) is 23.8. The van der Waals surface area contributed by atoms with E-state index in [1.54, 1.807) is 77.9 Å². The van der Waals surface area contributed by atoms with Crippen molar-refractivity contribution < 1.29 is 44.8 Å². The summed E-state index contributed by atoms with van der Waals surface area (Å²) in [5, 5.41) is 0. The topological polar surface area (TPSA) is 146 Å². The van der Waals surface area contributed by atoms with Crippen LogP contribution in [-0.2, 0) is 47.6 Å². The molecule has 0 fully saturated rings. The number of ether oxygens (including phenoxy) is 3. The van der Waals surface area contributed by atoms with E-state index < -0.39 is 58.2 Å². The van der Waals surface area contributed by atoms with Crippen molar-refractivity contribution in [2.75, 3.05) is 23.7 Å². The molecule has 0 N–H and O–H groups in total. The Labute approximate surface area is 310 Å². The van der Waals surface area contributed by atoms with Gasteiger partial charge in [-0.25, -0.2) is 9.10 Å². The predicted octanol–water partition coefficient (Wildman–Crippen LogP) is 7.16. The molecule has 15 heteroatoms. The van der Waals surface area contributed by atoms with Gasteiger partial charge >= 0.3 is 32.4 Å². The second kappa shape index (κ2) is 16.7. The molecule has 0 saturated carbocycles. The number of para-hydroxylation sites is 1. The average Bonchev–Trinajstić information content (AvgIpc) is 2.97. The van der Waals surface area contributed by atoms with E-state index in [-0.39, 0.29) is 36.8 Å². The number of benzene rings is 3. The van der Waals surface area contributed by atoms with Gasteiger partial charge in [0.15, 0.2) is 0 Å². The molecule has 52 heavy (non-hydrogen) atoms. The van der Waals surface area contributed by atoms with Crippen molar-refractivity contribution in [3.8, 4) is 11.5 Å². The Balaban J connectivity index is 2.24. The van der Waals surface area contributed by atoms with Gasteiger partial charge in [0.1, 0.15) is 35.9 Å². The molecule has 0 heterocycles. The number of nitrogens with zero attached hydrogens (tertiary/aromatic N) is 2. The number of esters is 1. The van der Waals surface area contributed by atoms with Crippen LogP contribution in [0.25, 0.3) is 0 Å². The second-order valence-corrected chi connectivity index (χ2v) is 24.6. The molecule has 12 nitrogen and oxygen atoms in total. The number of anilines is 1. The maximum absolute atomic E-state index is 14.8. The minimum atomic E-state index is -4.82. The lowest BCUT2D eigenvalue weighted by Crippen LogP contribution is -2.51. The van der Waals surface area contributed by atoms with E-state index in [2.05, 4.69) is 19.6 Å². The van der Waals surface area contributed by atoms with Crippen LogP contribution in [0.2, 0.25) is 25.7 Å². The summed E-state index contributed by atoms with van der Waals surface area (Å²) in [7, 11) is -10.5. The van der Waals surface area contributed by atoms with Crippen molar-refractivity contribution in [3.05, 3.63) is 89.5 Å². The van der Waals surface area contributed by atoms with Gasteiger partial charge in [-0.2, -0.15) is 21.1 Å². The first kappa shape index (κ1) is 42.3. The first-order valence-electron chi connectivity index (χ1n) is 16.9. The Morgan fingerprint density at radius 2 is 1.35 bits per heavy atom. The highest BCUT2D eigenvalue weighted by Crippen LogP contribution is 2.36. The van der Waals surface area contributed by atoms with E-state index in [0.29, 0.717) is 21.5 Å². The second-order valence-electron chi connectivity index (χ2n) is 15.6. The largest absolute Gasteiger partial charge is 0.487 e. The van der Waals surface area contributed by atoms with Crippen LogP contribution < -0.4 is 13.2 Å². The molecular weight excluding hydrogens is 725 g/mol. The Kier molecular flexibility index (Phi) is 13.6. The van der Waals surface area contributed by atoms with Crippen LogP contribution in [0, 0.1) is 0 Å². The molecule has 0 aromatic heterocycles. The summed E-state index contributed by atoms with van der Waals surface area (Å²) in [6, 6.07) is 21.0. The highest BCUT2D eigenvalue weighted by Gasteiger charge is 2.40. The van der Waals surface area contributed by atoms with Crippen molar-refractivity contribution >= 4 is 46.2 Å². The Morgan fingerprint density at radius 3 is 1.92 bits per heavy atom. The Hall–Kier alpha value is -4.08. The molecule has 0 atom stereocenters. The molecular formula is C37H52N2O10S2Si. The number of rotatable bonds is 15. The molecule has 0 aliphatic carbocycles. The molecule has 286 valence electrons. The quantitative estimate of drug-likeness (QED) is 0.0885. The zero-order valence-electron chi connectivity index (χ0n) is 31.8. The van der Waals surface area contributed by atoms with Crippen molar-refractivity contribution in [1.29, 1.82) is 0 Å². The molecule has 0 unspecified atom stereocenters. The molecule has 0 aliphatic rings. The molecule has 3 aromatic rings. The molecule has 0 spiro atoms. The lowest BCUT2D eigenvalue weighted by molar-refractivity contribution is -0.152. The van der Waals surface area contributed by atoms with Gasteiger partial charge in [0.2, 0.25) is 0 Å². The first-order valence-corrected chi connectivity index (χ1v) is 23.8. The number of hydrogen-bond acceptors (Lipinski definition) is 10. The fourth-order valence-electron chi connectivity index (χ4n) is 4.79. The zero-order valence-corrected chi connectivity index (χ0v) is 34.4. The standard InChI is InChI=1S/C37H52N2O10S2Si/c1-36(2,3)47-34(40)26-39(51(44,45)38(22-23-52(8,9)10)35(41)48-37(4,5)6)31-21-20-29(25-33(31)46-27-28-16-12-11-13-17-28)24-30-18-14-15-19-32(30)49-50(7,42)43/h11-21,25H,22-24,26-27H2,1-10H3. The van der Waals surface area contributed by atoms with Gasteiger partial charge in [-0.1, -0.05) is 74.2 Å². The number of carbonyl (C=O) groups is 2. The van der Waals surface area contributed by atoms with E-state index in [1.165, 1.54) is 6.07 Å². The fourth-order valence-corrected chi connectivity index (χ4v) is 7.79. The normalized spacial score (nSPS) is 12.5. The lowest BCUT2D eigenvalue weighted by Gasteiger charge is -2.34. The van der Waals surface area contributed by atoms with Crippen LogP contribution in [0.15, 0.2) is 72.8 Å². The van der Waals surface area contributed by atoms with Crippen LogP contribution in [0.1, 0.15) is 58.2 Å². The summed E-state index contributed by atoms with van der Waals surface area (Å²) >= 11 is 0. The van der Waals surface area contributed by atoms with Crippen LogP contribution in [0.5, 0.6) is 11.5 Å². The maximum atomic E-state index is 14.8. The summed E-state index contributed by atoms with van der Waals surface area (Å²) in [5.74, 6) is -0.620. The predicted molar refractivity (Wildman–Crippen MR) is 205 cm³/mol. The van der Waals surface area contributed by atoms with Crippen LogP contribution >= 0.6 is 0 Å². The van der Waals surface area contributed by atoms with Crippen LogP contribution in [0.3, 0.4) is 0 Å². The Morgan fingerprint density at radius 1 is 0.750 bits per heavy atom. The van der Waals surface area contributed by atoms with Gasteiger partial charge in [0.05, 0.1) is 11.9 Å². The molecule has 1 amide bonds. The highest BCUT2D eigenvalue weighted by atomic mass is 32.2. The van der Waals surface area contributed by atoms with Crippen molar-refractivity contribution in [2.45, 2.75) is 91.5 Å². The smallest absolute Gasteiger partial charge is 0.425 e. The van der Waals surface area contributed by atoms with Gasteiger partial charge in [0, 0.05) is 26.6 Å². The molecule has 0 saturated heterocycles. The molecule has 0 radical (unpaired) electrons. The van der Waals surface area contributed by atoms with Crippen molar-refractivity contribution in [2.24, 2.45) is 0 Å². The molecule has 0 bridgehead atoms. The number of amides is 1. The SMILES string of the molecule is CC(C)(C)OC(=O)CN(c1ccc(Cc2ccccc2OS(C)(=O)=O)cc1OCc1ccccc1)S(=O)(=O)N(CC[Si](C)(C)C)C(=O)OC(C)(C)C. The van der Waals surface area contributed by atoms with Crippen LogP contribution in [-0.4, -0.2) is 71.8 Å². The maximum Gasteiger partial charge on any atom is 0.425 e. The van der Waals surface area contributed by atoms with E-state index in [0.717, 1.165) is 16.1 Å². The zero-order chi connectivity index (χ0) is 39.1. The molecule has 0 aliphatic heterocycles.